The number of aliphatic hydroxyl groups is 4. The summed E-state index contributed by atoms with van der Waals surface area (Å²) in [7, 11) is 0. The van der Waals surface area contributed by atoms with Crippen LogP contribution < -0.4 is 0 Å². The largest absolute Gasteiger partial charge is 0.466 e. The van der Waals surface area contributed by atoms with Crippen molar-refractivity contribution in [1.82, 2.24) is 0 Å². The van der Waals surface area contributed by atoms with Crippen LogP contribution in [0.4, 0.5) is 4.39 Å². The van der Waals surface area contributed by atoms with E-state index in [1.54, 1.807) is 39.0 Å². The molecule has 15 unspecified atom stereocenters. The lowest BCUT2D eigenvalue weighted by Gasteiger charge is -2.62. The molecule has 0 aromatic rings. The van der Waals surface area contributed by atoms with Gasteiger partial charge in [-0.1, -0.05) is 51.0 Å². The van der Waals surface area contributed by atoms with Gasteiger partial charge in [0.1, 0.15) is 11.2 Å². The van der Waals surface area contributed by atoms with Crippen molar-refractivity contribution in [2.45, 2.75) is 186 Å². The van der Waals surface area contributed by atoms with Crippen LogP contribution in [-0.4, -0.2) is 123 Å². The Morgan fingerprint density at radius 2 is 1.18 bits per heavy atom. The lowest BCUT2D eigenvalue weighted by Crippen LogP contribution is -2.69. The summed E-state index contributed by atoms with van der Waals surface area (Å²) >= 11 is 0. The second-order valence-electron chi connectivity index (χ2n) is 24.5. The maximum atomic E-state index is 17.5. The van der Waals surface area contributed by atoms with Gasteiger partial charge in [0.25, 0.3) is 0 Å². The van der Waals surface area contributed by atoms with Gasteiger partial charge in [-0.05, 0) is 151 Å². The molecule has 0 aromatic heterocycles. The van der Waals surface area contributed by atoms with Crippen molar-refractivity contribution in [3.8, 4) is 0 Å². The van der Waals surface area contributed by atoms with Crippen LogP contribution in [0.15, 0.2) is 47.6 Å². The molecular weight excluding hydrogens is 984 g/mol. The van der Waals surface area contributed by atoms with Crippen molar-refractivity contribution in [3.63, 3.8) is 0 Å². The number of ketones is 4. The minimum atomic E-state index is -2.12. The fourth-order valence-corrected chi connectivity index (χ4v) is 16.4. The Morgan fingerprint density at radius 1 is 0.632 bits per heavy atom. The standard InChI is InChI=1S/C59H79FO16/c1-35-28-43-42-17-15-37-30-39(62)21-24-54(37,3)58(42,60)45(64)32-56(43,5)59(35,72)47(66)34-76-51(70)19-18-50(69)74-27-11-6-8-12-48(67)73-26-10-7-9-13-49(68)75-33-46(65)57(71)25-22-41-40-16-14-36-29-38(61)20-23-53(36,2)52(40)44(63)31-55(41,57)4/h20-21,23-24,29-30,35,40-45,52,63-64,71-72H,6-19,22,25-28,31-34H2,1-5H3. The van der Waals surface area contributed by atoms with Gasteiger partial charge in [0.2, 0.25) is 11.6 Å². The molecule has 15 atom stereocenters. The van der Waals surface area contributed by atoms with Crippen LogP contribution >= 0.6 is 0 Å². The van der Waals surface area contributed by atoms with E-state index in [1.807, 2.05) is 13.0 Å². The Hall–Kier alpha value is -4.71. The number of carbonyl (C=O) groups excluding carboxylic acids is 8. The molecule has 0 bridgehead atoms. The quantitative estimate of drug-likeness (QED) is 0.0540. The van der Waals surface area contributed by atoms with Gasteiger partial charge in [-0.15, -0.1) is 0 Å². The van der Waals surface area contributed by atoms with Crippen molar-refractivity contribution in [2.24, 2.45) is 57.2 Å². The third kappa shape index (κ3) is 9.83. The molecule has 0 saturated heterocycles. The van der Waals surface area contributed by atoms with E-state index in [0.717, 1.165) is 18.4 Å². The molecule has 17 heteroatoms. The molecule has 0 aromatic carbocycles. The summed E-state index contributed by atoms with van der Waals surface area (Å²) in [5.41, 5.74) is -8.03. The minimum Gasteiger partial charge on any atom is -0.466 e. The molecule has 0 aliphatic heterocycles. The van der Waals surface area contributed by atoms with E-state index in [9.17, 15) is 58.8 Å². The number of alkyl halides is 1. The second kappa shape index (κ2) is 21.8. The van der Waals surface area contributed by atoms with Gasteiger partial charge in [0.05, 0.1) is 38.3 Å². The number of carbonyl (C=O) groups is 8. The molecule has 4 N–H and O–H groups in total. The number of esters is 4. The summed E-state index contributed by atoms with van der Waals surface area (Å²) in [6.07, 6.45) is 13.2. The molecule has 16 nitrogen and oxygen atoms in total. The van der Waals surface area contributed by atoms with Crippen LogP contribution in [0.25, 0.3) is 0 Å². The summed E-state index contributed by atoms with van der Waals surface area (Å²) in [5, 5.41) is 47.2. The maximum Gasteiger partial charge on any atom is 0.306 e. The molecule has 76 heavy (non-hydrogen) atoms. The summed E-state index contributed by atoms with van der Waals surface area (Å²) < 4.78 is 38.6. The number of hydrogen-bond donors (Lipinski definition) is 4. The fourth-order valence-electron chi connectivity index (χ4n) is 16.4. The van der Waals surface area contributed by atoms with Crippen LogP contribution in [0.5, 0.6) is 0 Å². The van der Waals surface area contributed by atoms with Crippen molar-refractivity contribution in [1.29, 1.82) is 0 Å². The molecule has 0 heterocycles. The van der Waals surface area contributed by atoms with E-state index in [-0.39, 0.29) is 93.4 Å². The first-order chi connectivity index (χ1) is 35.8. The van der Waals surface area contributed by atoms with E-state index in [0.29, 0.717) is 69.8 Å². The number of ether oxygens (including phenoxy) is 4. The monoisotopic (exact) mass is 1060 g/mol. The summed E-state index contributed by atoms with van der Waals surface area (Å²) in [4.78, 5) is 102. The van der Waals surface area contributed by atoms with Crippen LogP contribution in [0.2, 0.25) is 0 Å². The van der Waals surface area contributed by atoms with E-state index in [1.165, 1.54) is 12.2 Å². The summed E-state index contributed by atoms with van der Waals surface area (Å²) in [6.45, 7) is 7.96. The zero-order valence-corrected chi connectivity index (χ0v) is 44.9. The van der Waals surface area contributed by atoms with Crippen LogP contribution in [0.3, 0.4) is 0 Å². The Kier molecular flexibility index (Phi) is 16.5. The highest BCUT2D eigenvalue weighted by Gasteiger charge is 2.76. The van der Waals surface area contributed by atoms with E-state index < -0.39 is 111 Å². The minimum absolute atomic E-state index is 0.0162. The molecule has 0 amide bonds. The van der Waals surface area contributed by atoms with Gasteiger partial charge >= 0.3 is 23.9 Å². The number of halogens is 1. The first kappa shape index (κ1) is 57.5. The Balaban J connectivity index is 0.650. The second-order valence-corrected chi connectivity index (χ2v) is 24.5. The number of unbranched alkanes of at least 4 members (excludes halogenated alkanes) is 4. The molecule has 6 saturated carbocycles. The molecule has 8 rings (SSSR count). The molecule has 8 aliphatic carbocycles. The Labute approximate surface area is 444 Å². The molecule has 418 valence electrons. The molecular formula is C59H79FO16. The molecule has 6 fully saturated rings. The molecule has 0 radical (unpaired) electrons. The molecule has 8 aliphatic rings. The van der Waals surface area contributed by atoms with Gasteiger partial charge in [0, 0.05) is 46.3 Å². The molecule has 0 spiro atoms. The lowest BCUT2D eigenvalue weighted by atomic mass is 9.44. The number of fused-ring (bicyclic) bond motifs is 10. The number of hydrogen-bond acceptors (Lipinski definition) is 16. The van der Waals surface area contributed by atoms with E-state index in [4.69, 9.17) is 18.9 Å². The van der Waals surface area contributed by atoms with Gasteiger partial charge in [-0.3, -0.25) is 38.4 Å². The predicted octanol–water partition coefficient (Wildman–Crippen LogP) is 6.56. The highest BCUT2D eigenvalue weighted by molar-refractivity contribution is 6.02. The van der Waals surface area contributed by atoms with Crippen LogP contribution in [-0.2, 0) is 57.3 Å². The van der Waals surface area contributed by atoms with Crippen LogP contribution in [0, 0.1) is 57.2 Å². The first-order valence-electron chi connectivity index (χ1n) is 27.9. The van der Waals surface area contributed by atoms with E-state index >= 15 is 4.39 Å². The van der Waals surface area contributed by atoms with Gasteiger partial charge in [-0.2, -0.15) is 0 Å². The van der Waals surface area contributed by atoms with Gasteiger partial charge in [0.15, 0.2) is 30.4 Å². The number of Topliss-reactive ketones (excluding diaryl/α,β-unsaturated/α-hetero) is 2. The fraction of sp³-hybridized carbons (Fsp3) is 0.729. The smallest absolute Gasteiger partial charge is 0.306 e. The van der Waals surface area contributed by atoms with Crippen molar-refractivity contribution in [3.05, 3.63) is 47.6 Å². The zero-order chi connectivity index (χ0) is 55.2. The van der Waals surface area contributed by atoms with Crippen molar-refractivity contribution >= 4 is 47.0 Å². The number of allylic oxidation sites excluding steroid dienone is 8. The third-order valence-electron chi connectivity index (χ3n) is 20.6. The van der Waals surface area contributed by atoms with Gasteiger partial charge in [-0.25, -0.2) is 4.39 Å². The lowest BCUT2D eigenvalue weighted by molar-refractivity contribution is -0.220. The van der Waals surface area contributed by atoms with Gasteiger partial charge < -0.3 is 39.4 Å². The summed E-state index contributed by atoms with van der Waals surface area (Å²) in [6, 6.07) is 0. The number of aliphatic hydroxyl groups excluding tert-OH is 2. The topological polar surface area (TPSA) is 254 Å². The highest BCUT2D eigenvalue weighted by Crippen LogP contribution is 2.71. The SMILES string of the molecule is CC1CC2C3CCC4=CC(=O)C=CC4(C)C3(F)C(O)CC2(C)C1(O)C(=O)COC(=O)CCC(=O)OCCCCCC(=O)OCCCCCC(=O)OCC(=O)C1(O)CCC2C3CCC4=CC(=O)C=CC4(C)C3C(O)CC21C. The third-order valence-corrected chi connectivity index (χ3v) is 20.6. The van der Waals surface area contributed by atoms with Crippen molar-refractivity contribution < 1.29 is 82.1 Å². The number of rotatable bonds is 21. The zero-order valence-electron chi connectivity index (χ0n) is 44.9. The van der Waals surface area contributed by atoms with Crippen LogP contribution in [0.1, 0.15) is 157 Å². The highest BCUT2D eigenvalue weighted by atomic mass is 19.1. The van der Waals surface area contributed by atoms with E-state index in [2.05, 4.69) is 6.92 Å². The average molecular weight is 1060 g/mol. The Morgan fingerprint density at radius 3 is 1.83 bits per heavy atom. The first-order valence-corrected chi connectivity index (χ1v) is 27.9. The maximum absolute atomic E-state index is 17.5. The average Bonchev–Trinajstić information content (AvgIpc) is 3.81. The normalized spacial score (nSPS) is 39.7. The van der Waals surface area contributed by atoms with Crippen molar-refractivity contribution in [2.75, 3.05) is 26.4 Å². The Bertz CT molecular complexity index is 2480. The summed E-state index contributed by atoms with van der Waals surface area (Å²) in [5.74, 6) is -5.93. The predicted molar refractivity (Wildman–Crippen MR) is 271 cm³/mol.